The minimum atomic E-state index is 0.192. The summed E-state index contributed by atoms with van der Waals surface area (Å²) < 4.78 is 0. The van der Waals surface area contributed by atoms with Crippen LogP contribution < -0.4 is 0 Å². The molecule has 12 heavy (non-hydrogen) atoms. The van der Waals surface area contributed by atoms with Crippen LogP contribution in [0.15, 0.2) is 23.4 Å². The fourth-order valence-electron chi connectivity index (χ4n) is 1.06. The van der Waals surface area contributed by atoms with E-state index in [1.54, 1.807) is 6.07 Å². The number of phenolic OH excluding ortho intramolecular Hbond substituents is 1. The normalized spacial score (nSPS) is 10.8. The van der Waals surface area contributed by atoms with Gasteiger partial charge in [0.05, 0.1) is 6.21 Å². The lowest BCUT2D eigenvalue weighted by Crippen LogP contribution is -1.87. The van der Waals surface area contributed by atoms with Crippen LogP contribution in [0, 0.1) is 0 Å². The highest BCUT2D eigenvalue weighted by Gasteiger charge is 2.02. The van der Waals surface area contributed by atoms with Gasteiger partial charge in [0.2, 0.25) is 0 Å². The van der Waals surface area contributed by atoms with E-state index in [-0.39, 0.29) is 5.75 Å². The number of aryl methyl sites for hydroxylation is 1. The third-order valence-electron chi connectivity index (χ3n) is 1.73. The SMILES string of the molecule is CCc1cccc(/C=N/O)c1O. The highest BCUT2D eigenvalue weighted by atomic mass is 16.4. The highest BCUT2D eigenvalue weighted by Crippen LogP contribution is 2.20. The van der Waals surface area contributed by atoms with E-state index in [1.807, 2.05) is 19.1 Å². The Morgan fingerprint density at radius 1 is 1.50 bits per heavy atom. The number of phenols is 1. The molecular weight excluding hydrogens is 154 g/mol. The molecule has 0 heterocycles. The molecular formula is C9H11NO2. The smallest absolute Gasteiger partial charge is 0.127 e. The molecule has 1 aromatic rings. The fourth-order valence-corrected chi connectivity index (χ4v) is 1.06. The number of hydrogen-bond donors (Lipinski definition) is 2. The van der Waals surface area contributed by atoms with E-state index < -0.39 is 0 Å². The van der Waals surface area contributed by atoms with Gasteiger partial charge in [0.15, 0.2) is 0 Å². The molecule has 3 heteroatoms. The molecule has 0 amide bonds. The Balaban J connectivity index is 3.13. The van der Waals surface area contributed by atoms with Crippen molar-refractivity contribution in [3.63, 3.8) is 0 Å². The number of rotatable bonds is 2. The Labute approximate surface area is 71.0 Å². The molecule has 0 aliphatic heterocycles. The van der Waals surface area contributed by atoms with Gasteiger partial charge in [-0.1, -0.05) is 24.2 Å². The molecule has 0 aromatic heterocycles. The van der Waals surface area contributed by atoms with Crippen LogP contribution >= 0.6 is 0 Å². The zero-order chi connectivity index (χ0) is 8.97. The number of aromatic hydroxyl groups is 1. The molecule has 0 spiro atoms. The van der Waals surface area contributed by atoms with Crippen molar-refractivity contribution in [1.29, 1.82) is 0 Å². The van der Waals surface area contributed by atoms with E-state index in [1.165, 1.54) is 6.21 Å². The van der Waals surface area contributed by atoms with E-state index in [4.69, 9.17) is 5.21 Å². The molecule has 0 aliphatic carbocycles. The second-order valence-electron chi connectivity index (χ2n) is 2.45. The first-order chi connectivity index (χ1) is 5.79. The number of hydrogen-bond acceptors (Lipinski definition) is 3. The van der Waals surface area contributed by atoms with Gasteiger partial charge in [0.1, 0.15) is 5.75 Å². The van der Waals surface area contributed by atoms with Crippen molar-refractivity contribution in [2.75, 3.05) is 0 Å². The quantitative estimate of drug-likeness (QED) is 0.398. The molecule has 1 aromatic carbocycles. The largest absolute Gasteiger partial charge is 0.507 e. The Kier molecular flexibility index (Phi) is 2.69. The third-order valence-corrected chi connectivity index (χ3v) is 1.73. The topological polar surface area (TPSA) is 52.8 Å². The van der Waals surface area contributed by atoms with Gasteiger partial charge in [0, 0.05) is 5.56 Å². The summed E-state index contributed by atoms with van der Waals surface area (Å²) in [5.41, 5.74) is 1.39. The van der Waals surface area contributed by atoms with Gasteiger partial charge in [-0.15, -0.1) is 0 Å². The molecule has 0 saturated heterocycles. The summed E-state index contributed by atoms with van der Waals surface area (Å²) in [4.78, 5) is 0. The van der Waals surface area contributed by atoms with E-state index in [2.05, 4.69) is 5.16 Å². The van der Waals surface area contributed by atoms with Crippen LogP contribution in [0.5, 0.6) is 5.75 Å². The van der Waals surface area contributed by atoms with Crippen molar-refractivity contribution >= 4 is 6.21 Å². The summed E-state index contributed by atoms with van der Waals surface area (Å²) in [5, 5.41) is 20.6. The van der Waals surface area contributed by atoms with Gasteiger partial charge in [-0.3, -0.25) is 0 Å². The molecule has 2 N–H and O–H groups in total. The van der Waals surface area contributed by atoms with E-state index in [9.17, 15) is 5.11 Å². The highest BCUT2D eigenvalue weighted by molar-refractivity contribution is 5.83. The van der Waals surface area contributed by atoms with E-state index >= 15 is 0 Å². The van der Waals surface area contributed by atoms with Crippen molar-refractivity contribution in [3.05, 3.63) is 29.3 Å². The number of oxime groups is 1. The van der Waals surface area contributed by atoms with Crippen LogP contribution in [-0.2, 0) is 6.42 Å². The van der Waals surface area contributed by atoms with Crippen LogP contribution in [0.3, 0.4) is 0 Å². The summed E-state index contributed by atoms with van der Waals surface area (Å²) in [6.45, 7) is 1.95. The standard InChI is InChI=1S/C9H11NO2/c1-2-7-4-3-5-8(6-10-12)9(7)11/h3-6,11-12H,2H2,1H3/b10-6+. The molecule has 0 saturated carbocycles. The molecule has 0 radical (unpaired) electrons. The Morgan fingerprint density at radius 2 is 2.25 bits per heavy atom. The second-order valence-corrected chi connectivity index (χ2v) is 2.45. The van der Waals surface area contributed by atoms with Crippen LogP contribution in [0.1, 0.15) is 18.1 Å². The number of benzene rings is 1. The van der Waals surface area contributed by atoms with E-state index in [0.29, 0.717) is 5.56 Å². The molecule has 0 unspecified atom stereocenters. The summed E-state index contributed by atoms with van der Waals surface area (Å²) in [5.74, 6) is 0.192. The van der Waals surface area contributed by atoms with Crippen molar-refractivity contribution < 1.29 is 10.3 Å². The predicted octanol–water partition coefficient (Wildman–Crippen LogP) is 1.76. The van der Waals surface area contributed by atoms with Crippen LogP contribution in [0.25, 0.3) is 0 Å². The van der Waals surface area contributed by atoms with Gasteiger partial charge < -0.3 is 10.3 Å². The average Bonchev–Trinajstić information content (AvgIpc) is 2.09. The van der Waals surface area contributed by atoms with Crippen LogP contribution in [-0.4, -0.2) is 16.5 Å². The van der Waals surface area contributed by atoms with Crippen molar-refractivity contribution in [1.82, 2.24) is 0 Å². The van der Waals surface area contributed by atoms with Crippen molar-refractivity contribution in [2.24, 2.45) is 5.16 Å². The molecule has 0 atom stereocenters. The molecule has 0 bridgehead atoms. The van der Waals surface area contributed by atoms with E-state index in [0.717, 1.165) is 12.0 Å². The second kappa shape index (κ2) is 3.76. The van der Waals surface area contributed by atoms with Gasteiger partial charge in [-0.25, -0.2) is 0 Å². The summed E-state index contributed by atoms with van der Waals surface area (Å²) in [7, 11) is 0. The first kappa shape index (κ1) is 8.59. The molecule has 64 valence electrons. The zero-order valence-corrected chi connectivity index (χ0v) is 6.86. The Bertz CT molecular complexity index is 295. The van der Waals surface area contributed by atoms with Crippen LogP contribution in [0.2, 0.25) is 0 Å². The van der Waals surface area contributed by atoms with Crippen molar-refractivity contribution in [3.8, 4) is 5.75 Å². The maximum atomic E-state index is 9.52. The number of nitrogens with zero attached hydrogens (tertiary/aromatic N) is 1. The lowest BCUT2D eigenvalue weighted by Gasteiger charge is -2.02. The first-order valence-electron chi connectivity index (χ1n) is 3.78. The predicted molar refractivity (Wildman–Crippen MR) is 46.9 cm³/mol. The third kappa shape index (κ3) is 1.56. The molecule has 1 rings (SSSR count). The Morgan fingerprint density at radius 3 is 2.83 bits per heavy atom. The fraction of sp³-hybridized carbons (Fsp3) is 0.222. The van der Waals surface area contributed by atoms with Crippen molar-refractivity contribution in [2.45, 2.75) is 13.3 Å². The van der Waals surface area contributed by atoms with Gasteiger partial charge in [-0.2, -0.15) is 0 Å². The monoisotopic (exact) mass is 165 g/mol. The Hall–Kier alpha value is -1.51. The summed E-state index contributed by atoms with van der Waals surface area (Å²) >= 11 is 0. The maximum Gasteiger partial charge on any atom is 0.127 e. The first-order valence-corrected chi connectivity index (χ1v) is 3.78. The lowest BCUT2D eigenvalue weighted by atomic mass is 10.1. The molecule has 3 nitrogen and oxygen atoms in total. The summed E-state index contributed by atoms with van der Waals surface area (Å²) in [6.07, 6.45) is 1.98. The molecule has 0 fully saturated rings. The maximum absolute atomic E-state index is 9.52. The minimum Gasteiger partial charge on any atom is -0.507 e. The van der Waals surface area contributed by atoms with Gasteiger partial charge in [-0.05, 0) is 18.1 Å². The molecule has 0 aliphatic rings. The minimum absolute atomic E-state index is 0.192. The summed E-state index contributed by atoms with van der Waals surface area (Å²) in [6, 6.07) is 5.34. The van der Waals surface area contributed by atoms with Gasteiger partial charge in [0.25, 0.3) is 0 Å². The average molecular weight is 165 g/mol. The van der Waals surface area contributed by atoms with Gasteiger partial charge >= 0.3 is 0 Å². The number of para-hydroxylation sites is 1. The zero-order valence-electron chi connectivity index (χ0n) is 6.86. The lowest BCUT2D eigenvalue weighted by molar-refractivity contribution is 0.321. The van der Waals surface area contributed by atoms with Crippen LogP contribution in [0.4, 0.5) is 0 Å².